The van der Waals surface area contributed by atoms with Gasteiger partial charge in [-0.3, -0.25) is 4.79 Å². The Balaban J connectivity index is 2.06. The zero-order chi connectivity index (χ0) is 13.7. The molecule has 1 aromatic carbocycles. The second-order valence-corrected chi connectivity index (χ2v) is 4.43. The summed E-state index contributed by atoms with van der Waals surface area (Å²) >= 11 is 6.11. The molecule has 1 heterocycles. The van der Waals surface area contributed by atoms with Crippen molar-refractivity contribution in [1.82, 2.24) is 9.97 Å². The minimum atomic E-state index is -0.0261. The molecule has 2 aromatic rings. The van der Waals surface area contributed by atoms with Gasteiger partial charge in [-0.05, 0) is 18.2 Å². The van der Waals surface area contributed by atoms with Gasteiger partial charge in [0.25, 0.3) is 0 Å². The van der Waals surface area contributed by atoms with Gasteiger partial charge >= 0.3 is 0 Å². The van der Waals surface area contributed by atoms with Crippen LogP contribution < -0.4 is 10.6 Å². The number of halogens is 1. The van der Waals surface area contributed by atoms with Crippen molar-refractivity contribution in [2.75, 3.05) is 10.6 Å². The number of benzene rings is 1. The van der Waals surface area contributed by atoms with E-state index in [9.17, 15) is 4.79 Å². The molecule has 0 saturated heterocycles. The van der Waals surface area contributed by atoms with Crippen molar-refractivity contribution in [3.8, 4) is 0 Å². The molecule has 0 unspecified atom stereocenters. The van der Waals surface area contributed by atoms with E-state index in [4.69, 9.17) is 11.6 Å². The van der Waals surface area contributed by atoms with Crippen LogP contribution in [0.1, 0.15) is 19.0 Å². The van der Waals surface area contributed by atoms with Gasteiger partial charge in [-0.1, -0.05) is 18.5 Å². The summed E-state index contributed by atoms with van der Waals surface area (Å²) in [5, 5.41) is 6.59. The number of nitrogens with one attached hydrogen (secondary N) is 3. The van der Waals surface area contributed by atoms with E-state index in [0.29, 0.717) is 18.0 Å². The van der Waals surface area contributed by atoms with Crippen molar-refractivity contribution in [3.05, 3.63) is 41.4 Å². The Morgan fingerprint density at radius 1 is 1.47 bits per heavy atom. The molecule has 5 nitrogen and oxygen atoms in total. The van der Waals surface area contributed by atoms with Gasteiger partial charge < -0.3 is 15.6 Å². The first-order valence-corrected chi connectivity index (χ1v) is 6.37. The number of carbonyl (C=O) groups is 1. The second-order valence-electron chi connectivity index (χ2n) is 4.03. The normalized spacial score (nSPS) is 10.2. The Hall–Kier alpha value is -2.01. The molecule has 6 heteroatoms. The number of carbonyl (C=O) groups excluding carboxylic acids is 1. The van der Waals surface area contributed by atoms with Gasteiger partial charge in [0.1, 0.15) is 0 Å². The van der Waals surface area contributed by atoms with Crippen LogP contribution in [0.3, 0.4) is 0 Å². The fourth-order valence-corrected chi connectivity index (χ4v) is 1.74. The lowest BCUT2D eigenvalue weighted by atomic mass is 10.2. The molecule has 100 valence electrons. The Kier molecular flexibility index (Phi) is 4.41. The highest BCUT2D eigenvalue weighted by atomic mass is 35.5. The topological polar surface area (TPSA) is 69.8 Å². The maximum absolute atomic E-state index is 11.3. The zero-order valence-corrected chi connectivity index (χ0v) is 11.3. The summed E-state index contributed by atoms with van der Waals surface area (Å²) in [6.07, 6.45) is 3.81. The first kappa shape index (κ1) is 13.4. The molecule has 0 bridgehead atoms. The third-order valence-corrected chi connectivity index (χ3v) is 2.92. The summed E-state index contributed by atoms with van der Waals surface area (Å²) in [5.41, 5.74) is 2.45. The van der Waals surface area contributed by atoms with Crippen molar-refractivity contribution in [3.63, 3.8) is 0 Å². The van der Waals surface area contributed by atoms with Crippen LogP contribution in [0.15, 0.2) is 30.7 Å². The van der Waals surface area contributed by atoms with Crippen molar-refractivity contribution in [2.24, 2.45) is 0 Å². The largest absolute Gasteiger partial charge is 0.378 e. The predicted molar refractivity (Wildman–Crippen MR) is 76.3 cm³/mol. The maximum atomic E-state index is 11.3. The lowest BCUT2D eigenvalue weighted by Crippen LogP contribution is -2.10. The van der Waals surface area contributed by atoms with Gasteiger partial charge in [0, 0.05) is 18.3 Å². The molecular formula is C13H15ClN4O. The lowest BCUT2D eigenvalue weighted by Gasteiger charge is -2.10. The highest BCUT2D eigenvalue weighted by Crippen LogP contribution is 2.26. The van der Waals surface area contributed by atoms with Crippen LogP contribution in [0, 0.1) is 0 Å². The van der Waals surface area contributed by atoms with E-state index in [-0.39, 0.29) is 5.91 Å². The van der Waals surface area contributed by atoms with Gasteiger partial charge in [-0.25, -0.2) is 4.98 Å². The van der Waals surface area contributed by atoms with Crippen molar-refractivity contribution in [2.45, 2.75) is 19.9 Å². The summed E-state index contributed by atoms with van der Waals surface area (Å²) in [6, 6.07) is 5.34. The first-order chi connectivity index (χ1) is 9.19. The summed E-state index contributed by atoms with van der Waals surface area (Å²) < 4.78 is 0. The number of hydrogen-bond donors (Lipinski definition) is 3. The smallest absolute Gasteiger partial charge is 0.224 e. The number of aromatic amines is 1. The average molecular weight is 279 g/mol. The molecule has 0 aliphatic rings. The number of H-pyrrole nitrogens is 1. The van der Waals surface area contributed by atoms with E-state index in [0.717, 1.165) is 17.1 Å². The van der Waals surface area contributed by atoms with Gasteiger partial charge in [0.15, 0.2) is 0 Å². The van der Waals surface area contributed by atoms with Crippen LogP contribution in [-0.2, 0) is 11.3 Å². The highest BCUT2D eigenvalue weighted by Gasteiger charge is 2.04. The highest BCUT2D eigenvalue weighted by molar-refractivity contribution is 6.33. The lowest BCUT2D eigenvalue weighted by molar-refractivity contribution is -0.115. The molecule has 2 rings (SSSR count). The number of amides is 1. The van der Waals surface area contributed by atoms with Crippen LogP contribution in [0.4, 0.5) is 11.4 Å². The number of nitrogens with zero attached hydrogens (tertiary/aromatic N) is 1. The molecule has 0 atom stereocenters. The quantitative estimate of drug-likeness (QED) is 0.787. The first-order valence-electron chi connectivity index (χ1n) is 5.99. The molecule has 0 aliphatic heterocycles. The molecule has 0 aliphatic carbocycles. The minimum Gasteiger partial charge on any atom is -0.378 e. The molecular weight excluding hydrogens is 264 g/mol. The maximum Gasteiger partial charge on any atom is 0.224 e. The van der Waals surface area contributed by atoms with E-state index in [1.807, 2.05) is 13.0 Å². The summed E-state index contributed by atoms with van der Waals surface area (Å²) in [7, 11) is 0. The Labute approximate surface area is 116 Å². The van der Waals surface area contributed by atoms with Crippen LogP contribution in [-0.4, -0.2) is 15.9 Å². The summed E-state index contributed by atoms with van der Waals surface area (Å²) in [6.45, 7) is 2.40. The van der Waals surface area contributed by atoms with Gasteiger partial charge in [-0.15, -0.1) is 0 Å². The molecule has 3 N–H and O–H groups in total. The fraction of sp³-hybridized carbons (Fsp3) is 0.231. The number of anilines is 2. The molecule has 1 aromatic heterocycles. The number of rotatable bonds is 5. The number of imidazole rings is 1. The average Bonchev–Trinajstić information content (AvgIpc) is 2.92. The summed E-state index contributed by atoms with van der Waals surface area (Å²) in [4.78, 5) is 18.3. The molecule has 0 fully saturated rings. The zero-order valence-electron chi connectivity index (χ0n) is 10.5. The monoisotopic (exact) mass is 278 g/mol. The Bertz CT molecular complexity index is 554. The van der Waals surface area contributed by atoms with Crippen LogP contribution in [0.5, 0.6) is 0 Å². The Morgan fingerprint density at radius 3 is 3.00 bits per heavy atom. The van der Waals surface area contributed by atoms with Gasteiger partial charge in [-0.2, -0.15) is 0 Å². The van der Waals surface area contributed by atoms with Crippen LogP contribution in [0.2, 0.25) is 5.02 Å². The number of aromatic nitrogens is 2. The van der Waals surface area contributed by atoms with Crippen molar-refractivity contribution >= 4 is 28.9 Å². The van der Waals surface area contributed by atoms with Crippen LogP contribution >= 0.6 is 11.6 Å². The van der Waals surface area contributed by atoms with Gasteiger partial charge in [0.2, 0.25) is 5.91 Å². The fourth-order valence-electron chi connectivity index (χ4n) is 1.56. The van der Waals surface area contributed by atoms with Gasteiger partial charge in [0.05, 0.1) is 29.3 Å². The SMILES string of the molecule is CCC(=O)Nc1ccc(Cl)c(NCc2cnc[nH]2)c1. The van der Waals surface area contributed by atoms with E-state index in [2.05, 4.69) is 20.6 Å². The minimum absolute atomic E-state index is 0.0261. The summed E-state index contributed by atoms with van der Waals surface area (Å²) in [5.74, 6) is -0.0261. The standard InChI is InChI=1S/C13H15ClN4O/c1-2-13(19)18-9-3-4-11(14)12(5-9)16-7-10-6-15-8-17-10/h3-6,8,16H,2,7H2,1H3,(H,15,17)(H,18,19). The van der Waals surface area contributed by atoms with E-state index in [1.54, 1.807) is 24.7 Å². The van der Waals surface area contributed by atoms with Crippen molar-refractivity contribution in [1.29, 1.82) is 0 Å². The number of hydrogen-bond acceptors (Lipinski definition) is 3. The van der Waals surface area contributed by atoms with Crippen LogP contribution in [0.25, 0.3) is 0 Å². The predicted octanol–water partition coefficient (Wildman–Crippen LogP) is 3.02. The second kappa shape index (κ2) is 6.24. The molecule has 1 amide bonds. The third kappa shape index (κ3) is 3.72. The van der Waals surface area contributed by atoms with Crippen molar-refractivity contribution < 1.29 is 4.79 Å². The van der Waals surface area contributed by atoms with E-state index < -0.39 is 0 Å². The van der Waals surface area contributed by atoms with E-state index in [1.165, 1.54) is 0 Å². The van der Waals surface area contributed by atoms with E-state index >= 15 is 0 Å². The molecule has 0 radical (unpaired) electrons. The molecule has 0 saturated carbocycles. The third-order valence-electron chi connectivity index (χ3n) is 2.60. The molecule has 19 heavy (non-hydrogen) atoms. The Morgan fingerprint density at radius 2 is 2.32 bits per heavy atom. The molecule has 0 spiro atoms.